The van der Waals surface area contributed by atoms with E-state index in [4.69, 9.17) is 0 Å². The number of nitrogens with one attached hydrogen (secondary N) is 1. The van der Waals surface area contributed by atoms with Crippen molar-refractivity contribution >= 4 is 27.7 Å². The van der Waals surface area contributed by atoms with E-state index >= 15 is 0 Å². The number of carbonyl (C=O) groups is 1. The monoisotopic (exact) mass is 121 g/mol. The average molecular weight is 121 g/mol. The zero-order valence-corrected chi connectivity index (χ0v) is 4.56. The molecule has 0 aliphatic carbocycles. The normalized spacial score (nSPS) is 21.0. The molecule has 0 aromatic rings. The highest BCUT2D eigenvalue weighted by molar-refractivity contribution is 8.77. The maximum atomic E-state index is 10.1. The SMILES string of the molecule is O=C1CSSN1. The van der Waals surface area contributed by atoms with Crippen molar-refractivity contribution in [2.75, 3.05) is 5.75 Å². The molecule has 1 fully saturated rings. The van der Waals surface area contributed by atoms with Crippen LogP contribution in [0, 0.1) is 0 Å². The molecule has 0 bridgehead atoms. The van der Waals surface area contributed by atoms with Crippen molar-refractivity contribution in [1.29, 1.82) is 0 Å². The fourth-order valence-electron chi connectivity index (χ4n) is 0.188. The fraction of sp³-hybridized carbons (Fsp3) is 0.500. The van der Waals surface area contributed by atoms with Crippen molar-refractivity contribution in [3.05, 3.63) is 0 Å². The fourth-order valence-corrected chi connectivity index (χ4v) is 1.70. The highest BCUT2D eigenvalue weighted by atomic mass is 33.1. The number of hydrogen-bond acceptors (Lipinski definition) is 3. The zero-order chi connectivity index (χ0) is 4.41. The van der Waals surface area contributed by atoms with Gasteiger partial charge in [-0.2, -0.15) is 0 Å². The number of carbonyl (C=O) groups excluding carboxylic acids is 1. The molecule has 0 radical (unpaired) electrons. The summed E-state index contributed by atoms with van der Waals surface area (Å²) >= 11 is 0. The Morgan fingerprint density at radius 1 is 1.83 bits per heavy atom. The first-order chi connectivity index (χ1) is 2.89. The Kier molecular flexibility index (Phi) is 1.26. The molecule has 1 aliphatic heterocycles. The number of hydrogen-bond donors (Lipinski definition) is 1. The van der Waals surface area contributed by atoms with Gasteiger partial charge < -0.3 is 0 Å². The second-order valence-electron chi connectivity index (χ2n) is 0.871. The van der Waals surface area contributed by atoms with Gasteiger partial charge in [0.2, 0.25) is 5.91 Å². The molecule has 0 aromatic carbocycles. The van der Waals surface area contributed by atoms with Crippen molar-refractivity contribution in [2.24, 2.45) is 0 Å². The van der Waals surface area contributed by atoms with E-state index in [0.29, 0.717) is 5.75 Å². The van der Waals surface area contributed by atoms with Crippen LogP contribution < -0.4 is 4.72 Å². The van der Waals surface area contributed by atoms with Crippen molar-refractivity contribution < 1.29 is 4.79 Å². The Hall–Kier alpha value is 0.170. The van der Waals surface area contributed by atoms with E-state index in [-0.39, 0.29) is 5.91 Å². The number of amides is 1. The van der Waals surface area contributed by atoms with Crippen molar-refractivity contribution in [1.82, 2.24) is 4.72 Å². The van der Waals surface area contributed by atoms with Gasteiger partial charge in [-0.15, -0.1) is 0 Å². The van der Waals surface area contributed by atoms with Crippen molar-refractivity contribution in [3.8, 4) is 0 Å². The second-order valence-corrected chi connectivity index (χ2v) is 2.97. The first-order valence-electron chi connectivity index (χ1n) is 1.47. The molecule has 1 N–H and O–H groups in total. The van der Waals surface area contributed by atoms with Gasteiger partial charge in [-0.05, 0) is 0 Å². The van der Waals surface area contributed by atoms with Crippen LogP contribution in [-0.4, -0.2) is 11.7 Å². The Morgan fingerprint density at radius 3 is 2.83 bits per heavy atom. The third-order valence-corrected chi connectivity index (χ3v) is 2.17. The van der Waals surface area contributed by atoms with Crippen LogP contribution in [0.5, 0.6) is 0 Å². The Labute approximate surface area is 43.6 Å². The van der Waals surface area contributed by atoms with Crippen LogP contribution in [0.3, 0.4) is 0 Å². The Morgan fingerprint density at radius 2 is 2.67 bits per heavy atom. The third kappa shape index (κ3) is 0.815. The summed E-state index contributed by atoms with van der Waals surface area (Å²) in [5.41, 5.74) is 0. The summed E-state index contributed by atoms with van der Waals surface area (Å²) < 4.78 is 2.56. The first-order valence-corrected chi connectivity index (χ1v) is 3.79. The van der Waals surface area contributed by atoms with Crippen LogP contribution in [-0.2, 0) is 4.79 Å². The van der Waals surface area contributed by atoms with Crippen LogP contribution in [0.1, 0.15) is 0 Å². The van der Waals surface area contributed by atoms with E-state index in [9.17, 15) is 4.79 Å². The first kappa shape index (κ1) is 4.33. The summed E-state index contributed by atoms with van der Waals surface area (Å²) in [5.74, 6) is 0.745. The maximum absolute atomic E-state index is 10.1. The lowest BCUT2D eigenvalue weighted by molar-refractivity contribution is -0.116. The van der Waals surface area contributed by atoms with E-state index in [0.717, 1.165) is 0 Å². The minimum atomic E-state index is 0.130. The molecule has 4 heteroatoms. The van der Waals surface area contributed by atoms with Gasteiger partial charge in [0.1, 0.15) is 0 Å². The topological polar surface area (TPSA) is 29.1 Å². The largest absolute Gasteiger partial charge is 0.290 e. The highest BCUT2D eigenvalue weighted by Gasteiger charge is 2.07. The average Bonchev–Trinajstić information content (AvgIpc) is 1.86. The highest BCUT2D eigenvalue weighted by Crippen LogP contribution is 2.22. The molecule has 1 heterocycles. The van der Waals surface area contributed by atoms with Gasteiger partial charge in [-0.25, -0.2) is 0 Å². The van der Waals surface area contributed by atoms with Crippen molar-refractivity contribution in [2.45, 2.75) is 0 Å². The van der Waals surface area contributed by atoms with Crippen molar-refractivity contribution in [3.63, 3.8) is 0 Å². The lowest BCUT2D eigenvalue weighted by atomic mass is 10.8. The van der Waals surface area contributed by atoms with Gasteiger partial charge in [0.05, 0.1) is 5.75 Å². The molecular weight excluding hydrogens is 118 g/mol. The molecule has 0 atom stereocenters. The molecule has 0 spiro atoms. The quantitative estimate of drug-likeness (QED) is 0.372. The molecular formula is C2H3NOS2. The Bertz CT molecular complexity index is 65.9. The molecule has 1 saturated heterocycles. The summed E-state index contributed by atoms with van der Waals surface area (Å²) in [6.07, 6.45) is 0. The van der Waals surface area contributed by atoms with E-state index in [1.54, 1.807) is 0 Å². The minimum absolute atomic E-state index is 0.130. The smallest absolute Gasteiger partial charge is 0.241 e. The Balaban J connectivity index is 2.37. The standard InChI is InChI=1S/C2H3NOS2/c4-2-1-5-6-3-2/h1H2,(H,3,4). The summed E-state index contributed by atoms with van der Waals surface area (Å²) in [6.45, 7) is 0. The molecule has 1 aliphatic rings. The summed E-state index contributed by atoms with van der Waals surface area (Å²) in [5, 5.41) is 0. The van der Waals surface area contributed by atoms with Crippen LogP contribution in [0.15, 0.2) is 0 Å². The maximum Gasteiger partial charge on any atom is 0.241 e. The van der Waals surface area contributed by atoms with Crippen LogP contribution >= 0.6 is 21.8 Å². The summed E-state index contributed by atoms with van der Waals surface area (Å²) in [6, 6.07) is 0. The predicted octanol–water partition coefficient (Wildman–Crippen LogP) is 0.413. The molecule has 1 rings (SSSR count). The number of rotatable bonds is 0. The summed E-state index contributed by atoms with van der Waals surface area (Å²) in [7, 11) is 2.94. The molecule has 0 aromatic heterocycles. The van der Waals surface area contributed by atoms with E-state index in [1.165, 1.54) is 21.8 Å². The van der Waals surface area contributed by atoms with Gasteiger partial charge in [-0.3, -0.25) is 9.52 Å². The summed E-state index contributed by atoms with van der Waals surface area (Å²) in [4.78, 5) is 10.1. The van der Waals surface area contributed by atoms with Gasteiger partial charge >= 0.3 is 0 Å². The zero-order valence-electron chi connectivity index (χ0n) is 2.93. The van der Waals surface area contributed by atoms with E-state index in [1.807, 2.05) is 0 Å². The molecule has 1 amide bonds. The predicted molar refractivity (Wildman–Crippen MR) is 28.2 cm³/mol. The lowest BCUT2D eigenvalue weighted by Gasteiger charge is -1.76. The lowest BCUT2D eigenvalue weighted by Crippen LogP contribution is -2.08. The molecule has 2 nitrogen and oxygen atoms in total. The van der Waals surface area contributed by atoms with Crippen LogP contribution in [0.4, 0.5) is 0 Å². The molecule has 6 heavy (non-hydrogen) atoms. The van der Waals surface area contributed by atoms with Gasteiger partial charge in [0, 0.05) is 11.0 Å². The van der Waals surface area contributed by atoms with Gasteiger partial charge in [0.15, 0.2) is 0 Å². The van der Waals surface area contributed by atoms with Crippen LogP contribution in [0.25, 0.3) is 0 Å². The van der Waals surface area contributed by atoms with E-state index < -0.39 is 0 Å². The second kappa shape index (κ2) is 1.75. The van der Waals surface area contributed by atoms with Crippen LogP contribution in [0.2, 0.25) is 0 Å². The van der Waals surface area contributed by atoms with E-state index in [2.05, 4.69) is 4.72 Å². The third-order valence-electron chi connectivity index (χ3n) is 0.404. The van der Waals surface area contributed by atoms with Gasteiger partial charge in [0.25, 0.3) is 0 Å². The van der Waals surface area contributed by atoms with Gasteiger partial charge in [-0.1, -0.05) is 10.8 Å². The molecule has 0 saturated carbocycles. The molecule has 34 valence electrons. The molecule has 0 unspecified atom stereocenters. The minimum Gasteiger partial charge on any atom is -0.290 e.